The van der Waals surface area contributed by atoms with Crippen molar-refractivity contribution in [3.05, 3.63) is 34.5 Å². The molecule has 0 spiro atoms. The van der Waals surface area contributed by atoms with Gasteiger partial charge in [0.15, 0.2) is 11.6 Å². The average Bonchev–Trinajstić information content (AvgIpc) is 2.64. The number of thiocarbonyl (C=S) groups is 1. The Morgan fingerprint density at radius 3 is 2.79 bits per heavy atom. The van der Waals surface area contributed by atoms with E-state index in [-0.39, 0.29) is 11.7 Å². The number of ether oxygens (including phenoxy) is 1. The summed E-state index contributed by atoms with van der Waals surface area (Å²) in [7, 11) is 1.41. The van der Waals surface area contributed by atoms with E-state index in [0.29, 0.717) is 21.3 Å². The summed E-state index contributed by atoms with van der Waals surface area (Å²) in [5, 5.41) is 0. The van der Waals surface area contributed by atoms with E-state index in [1.54, 1.807) is 12.1 Å². The molecule has 0 unspecified atom stereocenters. The number of benzene rings is 1. The highest BCUT2D eigenvalue weighted by Gasteiger charge is 2.30. The van der Waals surface area contributed by atoms with Crippen LogP contribution >= 0.6 is 24.0 Å². The molecule has 6 heteroatoms. The molecule has 0 N–H and O–H groups in total. The number of carbonyl (C=O) groups is 1. The van der Waals surface area contributed by atoms with E-state index < -0.39 is 5.82 Å². The minimum atomic E-state index is -0.456. The standard InChI is InChI=1S/C13H12FNO2S2/c1-3-15-12(16)11(19-13(15)18)7-8-4-5-10(17-2)9(14)6-8/h4-7H,3H2,1-2H3. The number of methoxy groups -OCH3 is 1. The van der Waals surface area contributed by atoms with E-state index in [9.17, 15) is 9.18 Å². The van der Waals surface area contributed by atoms with Gasteiger partial charge in [-0.1, -0.05) is 30.0 Å². The fourth-order valence-corrected chi connectivity index (χ4v) is 3.08. The zero-order chi connectivity index (χ0) is 14.0. The van der Waals surface area contributed by atoms with Gasteiger partial charge in [-0.2, -0.15) is 0 Å². The monoisotopic (exact) mass is 297 g/mol. The van der Waals surface area contributed by atoms with Crippen molar-refractivity contribution in [1.29, 1.82) is 0 Å². The molecule has 1 heterocycles. The molecule has 100 valence electrons. The van der Waals surface area contributed by atoms with Crippen LogP contribution in [0.4, 0.5) is 4.39 Å². The molecule has 0 bridgehead atoms. The lowest BCUT2D eigenvalue weighted by atomic mass is 10.2. The lowest BCUT2D eigenvalue weighted by Gasteiger charge is -2.09. The van der Waals surface area contributed by atoms with Crippen LogP contribution in [0.1, 0.15) is 12.5 Å². The first-order chi connectivity index (χ1) is 9.06. The van der Waals surface area contributed by atoms with Gasteiger partial charge in [0.1, 0.15) is 4.32 Å². The van der Waals surface area contributed by atoms with Crippen LogP contribution in [-0.2, 0) is 4.79 Å². The molecular formula is C13H12FNO2S2. The fourth-order valence-electron chi connectivity index (χ4n) is 1.70. The number of thioether (sulfide) groups is 1. The molecule has 0 aromatic heterocycles. The maximum Gasteiger partial charge on any atom is 0.266 e. The first-order valence-electron chi connectivity index (χ1n) is 5.65. The lowest BCUT2D eigenvalue weighted by Crippen LogP contribution is -2.27. The van der Waals surface area contributed by atoms with Gasteiger partial charge in [-0.05, 0) is 30.7 Å². The number of halogens is 1. The quantitative estimate of drug-likeness (QED) is 0.633. The summed E-state index contributed by atoms with van der Waals surface area (Å²) in [5.41, 5.74) is 0.606. The van der Waals surface area contributed by atoms with Gasteiger partial charge in [0, 0.05) is 6.54 Å². The topological polar surface area (TPSA) is 29.5 Å². The molecule has 19 heavy (non-hydrogen) atoms. The van der Waals surface area contributed by atoms with Crippen molar-refractivity contribution in [1.82, 2.24) is 4.90 Å². The molecule has 1 aliphatic heterocycles. The molecule has 3 nitrogen and oxygen atoms in total. The summed E-state index contributed by atoms with van der Waals surface area (Å²) in [5.74, 6) is -0.408. The Hall–Kier alpha value is -1.40. The first kappa shape index (κ1) is 14.0. The molecule has 0 saturated carbocycles. The normalized spacial score (nSPS) is 17.4. The van der Waals surface area contributed by atoms with Gasteiger partial charge in [-0.25, -0.2) is 4.39 Å². The van der Waals surface area contributed by atoms with E-state index in [1.165, 1.54) is 35.9 Å². The van der Waals surface area contributed by atoms with Crippen LogP contribution < -0.4 is 4.74 Å². The van der Waals surface area contributed by atoms with Crippen molar-refractivity contribution < 1.29 is 13.9 Å². The third-order valence-corrected chi connectivity index (χ3v) is 4.04. The second kappa shape index (κ2) is 5.71. The maximum atomic E-state index is 13.6. The van der Waals surface area contributed by atoms with Crippen molar-refractivity contribution >= 4 is 40.3 Å². The minimum Gasteiger partial charge on any atom is -0.494 e. The van der Waals surface area contributed by atoms with Crippen LogP contribution in [0.15, 0.2) is 23.1 Å². The smallest absolute Gasteiger partial charge is 0.266 e. The van der Waals surface area contributed by atoms with Gasteiger partial charge >= 0.3 is 0 Å². The van der Waals surface area contributed by atoms with Crippen LogP contribution in [0.2, 0.25) is 0 Å². The van der Waals surface area contributed by atoms with Gasteiger partial charge in [0.25, 0.3) is 5.91 Å². The van der Waals surface area contributed by atoms with E-state index in [4.69, 9.17) is 17.0 Å². The summed E-state index contributed by atoms with van der Waals surface area (Å²) in [4.78, 5) is 14.0. The lowest BCUT2D eigenvalue weighted by molar-refractivity contribution is -0.121. The largest absolute Gasteiger partial charge is 0.494 e. The predicted molar refractivity (Wildman–Crippen MR) is 78.5 cm³/mol. The van der Waals surface area contributed by atoms with Crippen molar-refractivity contribution in [2.75, 3.05) is 13.7 Å². The van der Waals surface area contributed by atoms with Crippen molar-refractivity contribution in [3.63, 3.8) is 0 Å². The number of amides is 1. The molecule has 0 atom stereocenters. The van der Waals surface area contributed by atoms with E-state index in [1.807, 2.05) is 6.92 Å². The number of carbonyl (C=O) groups excluding carboxylic acids is 1. The molecular weight excluding hydrogens is 285 g/mol. The second-order valence-electron chi connectivity index (χ2n) is 3.82. The molecule has 0 aliphatic carbocycles. The van der Waals surface area contributed by atoms with E-state index in [0.717, 1.165) is 0 Å². The van der Waals surface area contributed by atoms with Gasteiger partial charge in [0.05, 0.1) is 12.0 Å². The van der Waals surface area contributed by atoms with Crippen molar-refractivity contribution in [2.24, 2.45) is 0 Å². The number of likely N-dealkylation sites (N-methyl/N-ethyl adjacent to an activating group) is 1. The Labute approximate surface area is 120 Å². The molecule has 1 aromatic carbocycles. The number of hydrogen-bond donors (Lipinski definition) is 0. The highest BCUT2D eigenvalue weighted by molar-refractivity contribution is 8.26. The number of hydrogen-bond acceptors (Lipinski definition) is 4. The summed E-state index contributed by atoms with van der Waals surface area (Å²) >= 11 is 6.34. The molecule has 1 aromatic rings. The average molecular weight is 297 g/mol. The first-order valence-corrected chi connectivity index (χ1v) is 6.88. The van der Waals surface area contributed by atoms with E-state index >= 15 is 0 Å². The predicted octanol–water partition coefficient (Wildman–Crippen LogP) is 3.06. The zero-order valence-corrected chi connectivity index (χ0v) is 12.1. The van der Waals surface area contributed by atoms with Crippen molar-refractivity contribution in [3.8, 4) is 5.75 Å². The Kier molecular flexibility index (Phi) is 4.21. The maximum absolute atomic E-state index is 13.6. The summed E-state index contributed by atoms with van der Waals surface area (Å²) in [6.07, 6.45) is 1.64. The Morgan fingerprint density at radius 2 is 2.26 bits per heavy atom. The van der Waals surface area contributed by atoms with Crippen LogP contribution in [0.5, 0.6) is 5.75 Å². The van der Waals surface area contributed by atoms with Crippen molar-refractivity contribution in [2.45, 2.75) is 6.92 Å². The minimum absolute atomic E-state index is 0.131. The Balaban J connectivity index is 2.30. The SMILES string of the molecule is CCN1C(=O)C(=Cc2ccc(OC)c(F)c2)SC1=S. The highest BCUT2D eigenvalue weighted by atomic mass is 32.2. The second-order valence-corrected chi connectivity index (χ2v) is 5.50. The summed E-state index contributed by atoms with van der Waals surface area (Å²) in [6.45, 7) is 2.40. The van der Waals surface area contributed by atoms with Crippen LogP contribution in [0.3, 0.4) is 0 Å². The van der Waals surface area contributed by atoms with Gasteiger partial charge in [-0.3, -0.25) is 9.69 Å². The molecule has 0 radical (unpaired) electrons. The zero-order valence-electron chi connectivity index (χ0n) is 10.5. The van der Waals surface area contributed by atoms with Crippen LogP contribution in [0, 0.1) is 5.82 Å². The van der Waals surface area contributed by atoms with Crippen LogP contribution in [-0.4, -0.2) is 28.8 Å². The number of nitrogens with zero attached hydrogens (tertiary/aromatic N) is 1. The fraction of sp³-hybridized carbons (Fsp3) is 0.231. The van der Waals surface area contributed by atoms with E-state index in [2.05, 4.69) is 0 Å². The van der Waals surface area contributed by atoms with Crippen LogP contribution in [0.25, 0.3) is 6.08 Å². The molecule has 1 aliphatic rings. The molecule has 1 amide bonds. The summed E-state index contributed by atoms with van der Waals surface area (Å²) < 4.78 is 18.9. The Bertz CT molecular complexity index is 572. The molecule has 1 saturated heterocycles. The molecule has 2 rings (SSSR count). The van der Waals surface area contributed by atoms with Gasteiger partial charge in [-0.15, -0.1) is 0 Å². The third kappa shape index (κ3) is 2.79. The van der Waals surface area contributed by atoms with Gasteiger partial charge < -0.3 is 4.74 Å². The van der Waals surface area contributed by atoms with Gasteiger partial charge in [0.2, 0.25) is 0 Å². The Morgan fingerprint density at radius 1 is 1.53 bits per heavy atom. The summed E-state index contributed by atoms with van der Waals surface area (Å²) in [6, 6.07) is 4.56. The third-order valence-electron chi connectivity index (χ3n) is 2.66. The number of rotatable bonds is 3. The molecule has 1 fully saturated rings. The highest BCUT2D eigenvalue weighted by Crippen LogP contribution is 2.32.